The van der Waals surface area contributed by atoms with Crippen molar-refractivity contribution >= 4 is 0 Å². The molecule has 2 aliphatic carbocycles. The van der Waals surface area contributed by atoms with E-state index < -0.39 is 6.08 Å². The van der Waals surface area contributed by atoms with E-state index in [4.69, 9.17) is 4.74 Å². The van der Waals surface area contributed by atoms with E-state index in [9.17, 15) is 8.78 Å². The van der Waals surface area contributed by atoms with Crippen molar-refractivity contribution in [2.75, 3.05) is 6.61 Å². The maximum Gasteiger partial charge on any atom is 0.266 e. The SMILES string of the molecule is CCCC1CCC(C2CCC(CCCCC3CCC(CCC=C(F)F)CC3)OC2)CC1. The number of halogens is 2. The van der Waals surface area contributed by atoms with Crippen molar-refractivity contribution in [3.05, 3.63) is 12.2 Å². The van der Waals surface area contributed by atoms with E-state index in [2.05, 4.69) is 6.92 Å². The molecule has 3 heteroatoms. The molecule has 31 heavy (non-hydrogen) atoms. The van der Waals surface area contributed by atoms with Crippen molar-refractivity contribution in [3.8, 4) is 0 Å². The monoisotopic (exact) mass is 438 g/mol. The van der Waals surface area contributed by atoms with Crippen LogP contribution in [0.1, 0.15) is 122 Å². The number of hydrogen-bond donors (Lipinski definition) is 0. The van der Waals surface area contributed by atoms with Gasteiger partial charge >= 0.3 is 0 Å². The summed E-state index contributed by atoms with van der Waals surface area (Å²) in [6.45, 7) is 3.35. The highest BCUT2D eigenvalue weighted by molar-refractivity contribution is 4.83. The van der Waals surface area contributed by atoms with Gasteiger partial charge in [0.1, 0.15) is 0 Å². The van der Waals surface area contributed by atoms with Crippen LogP contribution in [0.5, 0.6) is 0 Å². The highest BCUT2D eigenvalue weighted by Crippen LogP contribution is 2.39. The highest BCUT2D eigenvalue weighted by atomic mass is 19.3. The predicted molar refractivity (Wildman–Crippen MR) is 126 cm³/mol. The molecule has 0 spiro atoms. The van der Waals surface area contributed by atoms with E-state index in [0.29, 0.717) is 18.4 Å². The molecule has 2 atom stereocenters. The Morgan fingerprint density at radius 1 is 0.710 bits per heavy atom. The quantitative estimate of drug-likeness (QED) is 0.292. The molecule has 3 rings (SSSR count). The molecule has 1 saturated heterocycles. The third-order valence-corrected chi connectivity index (χ3v) is 8.89. The fraction of sp³-hybridized carbons (Fsp3) is 0.929. The second-order valence-corrected chi connectivity index (χ2v) is 11.1. The van der Waals surface area contributed by atoms with Crippen LogP contribution in [-0.4, -0.2) is 12.7 Å². The van der Waals surface area contributed by atoms with Gasteiger partial charge in [-0.25, -0.2) is 0 Å². The average molecular weight is 439 g/mol. The summed E-state index contributed by atoms with van der Waals surface area (Å²) in [4.78, 5) is 0. The third kappa shape index (κ3) is 9.14. The average Bonchev–Trinajstić information content (AvgIpc) is 2.79. The molecular weight excluding hydrogens is 390 g/mol. The lowest BCUT2D eigenvalue weighted by Gasteiger charge is -2.38. The molecule has 0 N–H and O–H groups in total. The van der Waals surface area contributed by atoms with Gasteiger partial charge in [0, 0.05) is 0 Å². The van der Waals surface area contributed by atoms with Crippen LogP contribution in [0, 0.1) is 29.6 Å². The minimum atomic E-state index is -1.51. The van der Waals surface area contributed by atoms with Gasteiger partial charge in [0.2, 0.25) is 0 Å². The second-order valence-electron chi connectivity index (χ2n) is 11.1. The zero-order chi connectivity index (χ0) is 21.9. The normalized spacial score (nSPS) is 34.4. The van der Waals surface area contributed by atoms with Gasteiger partial charge in [0.15, 0.2) is 0 Å². The van der Waals surface area contributed by atoms with Gasteiger partial charge in [-0.05, 0) is 80.6 Å². The van der Waals surface area contributed by atoms with E-state index in [1.54, 1.807) is 0 Å². The maximum atomic E-state index is 12.2. The Morgan fingerprint density at radius 2 is 1.29 bits per heavy atom. The lowest BCUT2D eigenvalue weighted by molar-refractivity contribution is -0.0430. The molecule has 180 valence electrons. The minimum absolute atomic E-state index is 0.521. The molecule has 1 nitrogen and oxygen atoms in total. The molecular formula is C28H48F2O. The summed E-state index contributed by atoms with van der Waals surface area (Å²) in [7, 11) is 0. The molecule has 0 aromatic rings. The summed E-state index contributed by atoms with van der Waals surface area (Å²) < 4.78 is 30.6. The summed E-state index contributed by atoms with van der Waals surface area (Å²) in [5.74, 6) is 4.35. The number of ether oxygens (including phenoxy) is 1. The summed E-state index contributed by atoms with van der Waals surface area (Å²) >= 11 is 0. The Balaban J connectivity index is 1.19. The first kappa shape index (κ1) is 25.2. The van der Waals surface area contributed by atoms with Crippen LogP contribution in [0.3, 0.4) is 0 Å². The van der Waals surface area contributed by atoms with E-state index in [-0.39, 0.29) is 0 Å². The van der Waals surface area contributed by atoms with Gasteiger partial charge in [-0.2, -0.15) is 8.78 Å². The Bertz CT molecular complexity index is 491. The van der Waals surface area contributed by atoms with Crippen molar-refractivity contribution < 1.29 is 13.5 Å². The fourth-order valence-electron chi connectivity index (χ4n) is 6.82. The van der Waals surface area contributed by atoms with Gasteiger partial charge in [-0.15, -0.1) is 0 Å². The van der Waals surface area contributed by atoms with E-state index >= 15 is 0 Å². The highest BCUT2D eigenvalue weighted by Gasteiger charge is 2.31. The molecule has 0 bridgehead atoms. The summed E-state index contributed by atoms with van der Waals surface area (Å²) in [5.41, 5.74) is 0. The standard InChI is InChI=1S/C28H48F2O/c1-2-6-22-15-17-25(18-16-22)26-19-20-27(31-21-26)9-4-3-7-23-11-13-24(14-12-23)8-5-10-28(29)30/h10,22-27H,2-9,11-21H2,1H3. The topological polar surface area (TPSA) is 9.23 Å². The van der Waals surface area contributed by atoms with Crippen LogP contribution in [0.4, 0.5) is 8.78 Å². The molecule has 2 unspecified atom stereocenters. The lowest BCUT2D eigenvalue weighted by Crippen LogP contribution is -2.32. The van der Waals surface area contributed by atoms with Crippen LogP contribution < -0.4 is 0 Å². The van der Waals surface area contributed by atoms with Gasteiger partial charge in [0.05, 0.1) is 12.7 Å². The smallest absolute Gasteiger partial charge is 0.266 e. The van der Waals surface area contributed by atoms with E-state index in [0.717, 1.165) is 42.8 Å². The van der Waals surface area contributed by atoms with Crippen LogP contribution in [0.15, 0.2) is 12.2 Å². The Kier molecular flexibility index (Phi) is 11.3. The molecule has 0 aromatic carbocycles. The first-order valence-electron chi connectivity index (χ1n) is 13.8. The molecule has 3 fully saturated rings. The molecule has 0 aromatic heterocycles. The molecule has 3 aliphatic rings. The van der Waals surface area contributed by atoms with Crippen LogP contribution in [-0.2, 0) is 4.74 Å². The van der Waals surface area contributed by atoms with Gasteiger partial charge in [0.25, 0.3) is 6.08 Å². The second kappa shape index (κ2) is 14.0. The predicted octanol–water partition coefficient (Wildman–Crippen LogP) is 9.32. The zero-order valence-electron chi connectivity index (χ0n) is 20.1. The number of hydrogen-bond acceptors (Lipinski definition) is 1. The van der Waals surface area contributed by atoms with E-state index in [1.807, 2.05) is 0 Å². The third-order valence-electron chi connectivity index (χ3n) is 8.89. The van der Waals surface area contributed by atoms with Crippen LogP contribution in [0.2, 0.25) is 0 Å². The molecule has 2 saturated carbocycles. The van der Waals surface area contributed by atoms with Crippen molar-refractivity contribution in [3.63, 3.8) is 0 Å². The summed E-state index contributed by atoms with van der Waals surface area (Å²) in [6.07, 6.45) is 23.3. The Morgan fingerprint density at radius 3 is 1.90 bits per heavy atom. The summed E-state index contributed by atoms with van der Waals surface area (Å²) in [5, 5.41) is 0. The van der Waals surface area contributed by atoms with Gasteiger partial charge in [-0.1, -0.05) is 77.6 Å². The molecule has 0 radical (unpaired) electrons. The van der Waals surface area contributed by atoms with Gasteiger partial charge in [-0.3, -0.25) is 0 Å². The maximum absolute atomic E-state index is 12.2. The minimum Gasteiger partial charge on any atom is -0.378 e. The largest absolute Gasteiger partial charge is 0.378 e. The Hall–Kier alpha value is -0.440. The number of unbranched alkanes of at least 4 members (excludes halogenated alkanes) is 1. The molecule has 1 heterocycles. The van der Waals surface area contributed by atoms with Crippen LogP contribution >= 0.6 is 0 Å². The molecule has 0 amide bonds. The summed E-state index contributed by atoms with van der Waals surface area (Å²) in [6, 6.07) is 0. The van der Waals surface area contributed by atoms with Crippen molar-refractivity contribution in [1.82, 2.24) is 0 Å². The Labute approximate surface area is 190 Å². The fourth-order valence-corrected chi connectivity index (χ4v) is 6.82. The first-order valence-corrected chi connectivity index (χ1v) is 13.8. The lowest BCUT2D eigenvalue weighted by atomic mass is 9.73. The van der Waals surface area contributed by atoms with Crippen molar-refractivity contribution in [1.29, 1.82) is 0 Å². The first-order chi connectivity index (χ1) is 15.1. The number of allylic oxidation sites excluding steroid dienone is 1. The molecule has 1 aliphatic heterocycles. The van der Waals surface area contributed by atoms with Crippen LogP contribution in [0.25, 0.3) is 0 Å². The van der Waals surface area contributed by atoms with Crippen molar-refractivity contribution in [2.45, 2.75) is 129 Å². The van der Waals surface area contributed by atoms with E-state index in [1.165, 1.54) is 103 Å². The van der Waals surface area contributed by atoms with Crippen molar-refractivity contribution in [2.24, 2.45) is 29.6 Å². The van der Waals surface area contributed by atoms with Gasteiger partial charge < -0.3 is 4.74 Å². The number of rotatable bonds is 11. The zero-order valence-corrected chi connectivity index (χ0v) is 20.1.